The smallest absolute Gasteiger partial charge is 0.240 e. The summed E-state index contributed by atoms with van der Waals surface area (Å²) < 4.78 is 0. The van der Waals surface area contributed by atoms with Crippen LogP contribution in [0.4, 0.5) is 0 Å². The summed E-state index contributed by atoms with van der Waals surface area (Å²) >= 11 is 0. The van der Waals surface area contributed by atoms with Gasteiger partial charge in [0.2, 0.25) is 5.91 Å². The van der Waals surface area contributed by atoms with Crippen LogP contribution in [-0.2, 0) is 17.9 Å². The van der Waals surface area contributed by atoms with E-state index in [4.69, 9.17) is 0 Å². The zero-order valence-electron chi connectivity index (χ0n) is 13.1. The number of rotatable bonds is 5. The van der Waals surface area contributed by atoms with Crippen LogP contribution >= 0.6 is 0 Å². The predicted molar refractivity (Wildman–Crippen MR) is 89.6 cm³/mol. The number of amides is 1. The fraction of sp³-hybridized carbons (Fsp3) is 0.316. The van der Waals surface area contributed by atoms with Crippen molar-refractivity contribution >= 4 is 5.91 Å². The van der Waals surface area contributed by atoms with Crippen LogP contribution in [0.5, 0.6) is 0 Å². The van der Waals surface area contributed by atoms with E-state index in [2.05, 4.69) is 5.32 Å². The third-order valence-corrected chi connectivity index (χ3v) is 4.15. The molecular formula is C19H22N2O2. The topological polar surface area (TPSA) is 52.6 Å². The molecule has 23 heavy (non-hydrogen) atoms. The van der Waals surface area contributed by atoms with E-state index in [-0.39, 0.29) is 11.9 Å². The van der Waals surface area contributed by atoms with Gasteiger partial charge in [-0.05, 0) is 17.5 Å². The number of aliphatic hydroxyl groups excluding tert-OH is 1. The van der Waals surface area contributed by atoms with Gasteiger partial charge in [-0.1, -0.05) is 60.7 Å². The average molecular weight is 310 g/mol. The largest absolute Gasteiger partial charge is 0.392 e. The van der Waals surface area contributed by atoms with Gasteiger partial charge in [-0.2, -0.15) is 0 Å². The van der Waals surface area contributed by atoms with Crippen molar-refractivity contribution in [2.75, 3.05) is 6.54 Å². The maximum absolute atomic E-state index is 12.9. The monoisotopic (exact) mass is 310 g/mol. The molecule has 1 fully saturated rings. The highest BCUT2D eigenvalue weighted by Crippen LogP contribution is 2.15. The van der Waals surface area contributed by atoms with Gasteiger partial charge in [0.25, 0.3) is 0 Å². The number of hydrogen-bond acceptors (Lipinski definition) is 3. The second kappa shape index (κ2) is 7.40. The molecule has 1 aliphatic rings. The fourth-order valence-electron chi connectivity index (χ4n) is 2.94. The first-order valence-electron chi connectivity index (χ1n) is 8.00. The molecule has 0 aliphatic carbocycles. The van der Waals surface area contributed by atoms with Crippen molar-refractivity contribution in [3.8, 4) is 0 Å². The van der Waals surface area contributed by atoms with E-state index in [0.717, 1.165) is 11.1 Å². The maximum Gasteiger partial charge on any atom is 0.240 e. The first-order valence-corrected chi connectivity index (χ1v) is 8.00. The minimum atomic E-state index is -0.431. The summed E-state index contributed by atoms with van der Waals surface area (Å²) in [5, 5.41) is 12.8. The Morgan fingerprint density at radius 1 is 1.00 bits per heavy atom. The number of benzene rings is 2. The van der Waals surface area contributed by atoms with Crippen molar-refractivity contribution in [2.24, 2.45) is 0 Å². The molecule has 2 aromatic rings. The van der Waals surface area contributed by atoms with E-state index in [0.29, 0.717) is 26.1 Å². The van der Waals surface area contributed by atoms with Crippen molar-refractivity contribution < 1.29 is 9.90 Å². The summed E-state index contributed by atoms with van der Waals surface area (Å²) in [4.78, 5) is 14.7. The molecule has 0 radical (unpaired) electrons. The average Bonchev–Trinajstić information content (AvgIpc) is 3.02. The highest BCUT2D eigenvalue weighted by molar-refractivity contribution is 5.82. The van der Waals surface area contributed by atoms with Gasteiger partial charge < -0.3 is 15.3 Å². The van der Waals surface area contributed by atoms with Crippen LogP contribution < -0.4 is 5.32 Å². The van der Waals surface area contributed by atoms with Crippen molar-refractivity contribution in [1.29, 1.82) is 0 Å². The normalized spacial score (nSPS) is 20.4. The minimum absolute atomic E-state index is 0.0502. The number of carbonyl (C=O) groups excluding carboxylic acids is 1. The summed E-state index contributed by atoms with van der Waals surface area (Å²) in [6, 6.07) is 19.7. The quantitative estimate of drug-likeness (QED) is 0.887. The summed E-state index contributed by atoms with van der Waals surface area (Å²) in [7, 11) is 0. The molecule has 4 heteroatoms. The van der Waals surface area contributed by atoms with E-state index >= 15 is 0 Å². The lowest BCUT2D eigenvalue weighted by atomic mass is 10.1. The van der Waals surface area contributed by atoms with Crippen molar-refractivity contribution in [3.63, 3.8) is 0 Å². The van der Waals surface area contributed by atoms with Gasteiger partial charge in [-0.15, -0.1) is 0 Å². The summed E-state index contributed by atoms with van der Waals surface area (Å²) in [6.45, 7) is 1.63. The Bertz CT molecular complexity index is 589. The highest BCUT2D eigenvalue weighted by Gasteiger charge is 2.31. The second-order valence-corrected chi connectivity index (χ2v) is 6.02. The summed E-state index contributed by atoms with van der Waals surface area (Å²) in [5.41, 5.74) is 2.21. The number of aliphatic hydroxyl groups is 1. The molecule has 0 saturated carbocycles. The Kier molecular flexibility index (Phi) is 5.05. The van der Waals surface area contributed by atoms with Gasteiger partial charge in [-0.25, -0.2) is 0 Å². The number of nitrogens with one attached hydrogen (secondary N) is 1. The lowest BCUT2D eigenvalue weighted by Gasteiger charge is -2.26. The molecule has 3 rings (SSSR count). The van der Waals surface area contributed by atoms with Crippen molar-refractivity contribution in [2.45, 2.75) is 31.7 Å². The maximum atomic E-state index is 12.9. The Morgan fingerprint density at radius 2 is 1.52 bits per heavy atom. The van der Waals surface area contributed by atoms with E-state index < -0.39 is 6.10 Å². The molecule has 2 atom stereocenters. The Labute approximate surface area is 136 Å². The third kappa shape index (κ3) is 4.18. The Balaban J connectivity index is 1.76. The minimum Gasteiger partial charge on any atom is -0.392 e. The molecule has 0 aromatic heterocycles. The molecule has 120 valence electrons. The first-order chi connectivity index (χ1) is 11.2. The van der Waals surface area contributed by atoms with E-state index in [1.165, 1.54) is 0 Å². The standard InChI is InChI=1S/C19H22N2O2/c22-17-11-18(20-12-17)19(23)21(13-15-7-3-1-4-8-15)14-16-9-5-2-6-10-16/h1-10,17-18,20,22H,11-14H2/t17-,18+/m1/s1. The fourth-order valence-corrected chi connectivity index (χ4v) is 2.94. The van der Waals surface area contributed by atoms with Crippen LogP contribution in [-0.4, -0.2) is 34.6 Å². The molecule has 2 N–H and O–H groups in total. The molecule has 4 nitrogen and oxygen atoms in total. The predicted octanol–water partition coefficient (Wildman–Crippen LogP) is 1.94. The molecule has 0 bridgehead atoms. The second-order valence-electron chi connectivity index (χ2n) is 6.02. The van der Waals surface area contributed by atoms with Crippen LogP contribution in [0.3, 0.4) is 0 Å². The van der Waals surface area contributed by atoms with Crippen LogP contribution in [0.1, 0.15) is 17.5 Å². The van der Waals surface area contributed by atoms with Crippen LogP contribution in [0.15, 0.2) is 60.7 Å². The van der Waals surface area contributed by atoms with Gasteiger partial charge in [-0.3, -0.25) is 4.79 Å². The highest BCUT2D eigenvalue weighted by atomic mass is 16.3. The van der Waals surface area contributed by atoms with Gasteiger partial charge in [0, 0.05) is 19.6 Å². The number of hydrogen-bond donors (Lipinski definition) is 2. The van der Waals surface area contributed by atoms with Crippen molar-refractivity contribution in [3.05, 3.63) is 71.8 Å². The van der Waals surface area contributed by atoms with E-state index in [1.807, 2.05) is 65.6 Å². The molecule has 1 heterocycles. The molecule has 1 amide bonds. The van der Waals surface area contributed by atoms with Gasteiger partial charge in [0.15, 0.2) is 0 Å². The third-order valence-electron chi connectivity index (χ3n) is 4.15. The number of nitrogens with zero attached hydrogens (tertiary/aromatic N) is 1. The van der Waals surface area contributed by atoms with Crippen LogP contribution in [0.2, 0.25) is 0 Å². The first kappa shape index (κ1) is 15.7. The summed E-state index contributed by atoms with van der Waals surface area (Å²) in [6.07, 6.45) is 0.0538. The molecule has 0 spiro atoms. The van der Waals surface area contributed by atoms with Crippen LogP contribution in [0.25, 0.3) is 0 Å². The molecule has 0 unspecified atom stereocenters. The summed E-state index contributed by atoms with van der Waals surface area (Å²) in [5.74, 6) is 0.0502. The van der Waals surface area contributed by atoms with Crippen LogP contribution in [0, 0.1) is 0 Å². The van der Waals surface area contributed by atoms with Gasteiger partial charge in [0.1, 0.15) is 0 Å². The van der Waals surface area contributed by atoms with Gasteiger partial charge >= 0.3 is 0 Å². The lowest BCUT2D eigenvalue weighted by Crippen LogP contribution is -2.42. The van der Waals surface area contributed by atoms with Gasteiger partial charge in [0.05, 0.1) is 12.1 Å². The van der Waals surface area contributed by atoms with E-state index in [9.17, 15) is 9.90 Å². The molecule has 1 saturated heterocycles. The molecule has 1 aliphatic heterocycles. The van der Waals surface area contributed by atoms with E-state index in [1.54, 1.807) is 0 Å². The number of carbonyl (C=O) groups is 1. The number of β-amino-alcohol motifs (C(OH)–C–C–N with tert-alkyl or cyclic N) is 1. The molecule has 2 aromatic carbocycles. The Hall–Kier alpha value is -2.17. The SMILES string of the molecule is O=C([C@@H]1C[C@@H](O)CN1)N(Cc1ccccc1)Cc1ccccc1. The zero-order chi connectivity index (χ0) is 16.1. The van der Waals surface area contributed by atoms with Crippen molar-refractivity contribution in [1.82, 2.24) is 10.2 Å². The molecular weight excluding hydrogens is 288 g/mol. The zero-order valence-corrected chi connectivity index (χ0v) is 13.1. The Morgan fingerprint density at radius 3 is 1.96 bits per heavy atom. The lowest BCUT2D eigenvalue weighted by molar-refractivity contribution is -0.134.